The van der Waals surface area contributed by atoms with Gasteiger partial charge in [-0.15, -0.1) is 0 Å². The van der Waals surface area contributed by atoms with Gasteiger partial charge >= 0.3 is 0 Å². The molecular formula is C15H13F2NO. The van der Waals surface area contributed by atoms with E-state index in [2.05, 4.69) is 5.32 Å². The molecule has 4 heteroatoms. The van der Waals surface area contributed by atoms with Gasteiger partial charge in [0.1, 0.15) is 11.6 Å². The average Bonchev–Trinajstić information content (AvgIpc) is 2.38. The number of carbonyl (C=O) groups is 1. The van der Waals surface area contributed by atoms with Crippen LogP contribution in [0.15, 0.2) is 36.4 Å². The quantitative estimate of drug-likeness (QED) is 0.874. The molecule has 19 heavy (non-hydrogen) atoms. The van der Waals surface area contributed by atoms with Crippen LogP contribution in [0.5, 0.6) is 0 Å². The van der Waals surface area contributed by atoms with Gasteiger partial charge in [-0.2, -0.15) is 0 Å². The number of anilines is 1. The predicted octanol–water partition coefficient (Wildman–Crippen LogP) is 3.83. The highest BCUT2D eigenvalue weighted by atomic mass is 19.1. The van der Waals surface area contributed by atoms with Gasteiger partial charge in [0.2, 0.25) is 0 Å². The summed E-state index contributed by atoms with van der Waals surface area (Å²) >= 11 is 0. The summed E-state index contributed by atoms with van der Waals surface area (Å²) in [5.74, 6) is -1.31. The SMILES string of the molecule is Cc1cc(C(=O)Nc2cccc(C)c2F)ccc1F. The van der Waals surface area contributed by atoms with E-state index < -0.39 is 11.7 Å². The smallest absolute Gasteiger partial charge is 0.255 e. The Morgan fingerprint density at radius 3 is 2.47 bits per heavy atom. The predicted molar refractivity (Wildman–Crippen MR) is 70.2 cm³/mol. The molecule has 0 bridgehead atoms. The van der Waals surface area contributed by atoms with E-state index in [-0.39, 0.29) is 11.5 Å². The number of rotatable bonds is 2. The largest absolute Gasteiger partial charge is 0.319 e. The fraction of sp³-hybridized carbons (Fsp3) is 0.133. The molecule has 0 fully saturated rings. The maximum absolute atomic E-state index is 13.7. The molecule has 2 aromatic rings. The Morgan fingerprint density at radius 2 is 1.79 bits per heavy atom. The van der Waals surface area contributed by atoms with Crippen molar-refractivity contribution in [3.63, 3.8) is 0 Å². The maximum Gasteiger partial charge on any atom is 0.255 e. The van der Waals surface area contributed by atoms with Crippen LogP contribution in [0.25, 0.3) is 0 Å². The van der Waals surface area contributed by atoms with Crippen molar-refractivity contribution in [2.24, 2.45) is 0 Å². The zero-order valence-electron chi connectivity index (χ0n) is 10.6. The lowest BCUT2D eigenvalue weighted by atomic mass is 10.1. The van der Waals surface area contributed by atoms with Crippen LogP contribution in [-0.4, -0.2) is 5.91 Å². The van der Waals surface area contributed by atoms with E-state index in [1.54, 1.807) is 26.0 Å². The first-order chi connectivity index (χ1) is 8.99. The van der Waals surface area contributed by atoms with Crippen LogP contribution in [0.4, 0.5) is 14.5 Å². The van der Waals surface area contributed by atoms with Gasteiger partial charge in [-0.1, -0.05) is 12.1 Å². The van der Waals surface area contributed by atoms with Crippen molar-refractivity contribution in [2.45, 2.75) is 13.8 Å². The van der Waals surface area contributed by atoms with E-state index in [0.29, 0.717) is 16.7 Å². The molecule has 0 spiro atoms. The molecule has 0 unspecified atom stereocenters. The lowest BCUT2D eigenvalue weighted by Crippen LogP contribution is -2.13. The number of carbonyl (C=O) groups excluding carboxylic acids is 1. The molecule has 1 N–H and O–H groups in total. The Labute approximate surface area is 110 Å². The normalized spacial score (nSPS) is 10.3. The van der Waals surface area contributed by atoms with Crippen molar-refractivity contribution in [3.8, 4) is 0 Å². The summed E-state index contributed by atoms with van der Waals surface area (Å²) < 4.78 is 26.9. The first kappa shape index (κ1) is 13.2. The molecule has 0 saturated carbocycles. The van der Waals surface area contributed by atoms with E-state index in [1.165, 1.54) is 24.3 Å². The van der Waals surface area contributed by atoms with E-state index in [9.17, 15) is 13.6 Å². The molecule has 0 aliphatic rings. The third kappa shape index (κ3) is 2.78. The molecule has 0 atom stereocenters. The van der Waals surface area contributed by atoms with Crippen molar-refractivity contribution in [1.29, 1.82) is 0 Å². The van der Waals surface area contributed by atoms with Gasteiger partial charge in [-0.05, 0) is 49.2 Å². The zero-order valence-corrected chi connectivity index (χ0v) is 10.6. The number of halogens is 2. The monoisotopic (exact) mass is 261 g/mol. The molecule has 0 saturated heterocycles. The van der Waals surface area contributed by atoms with E-state index in [4.69, 9.17) is 0 Å². The summed E-state index contributed by atoms with van der Waals surface area (Å²) in [7, 11) is 0. The second kappa shape index (κ2) is 5.18. The fourth-order valence-corrected chi connectivity index (χ4v) is 1.72. The van der Waals surface area contributed by atoms with Gasteiger partial charge in [0.15, 0.2) is 0 Å². The molecule has 2 aromatic carbocycles. The molecule has 0 aliphatic heterocycles. The summed E-state index contributed by atoms with van der Waals surface area (Å²) in [5.41, 5.74) is 1.23. The Bertz CT molecular complexity index is 638. The van der Waals surface area contributed by atoms with Crippen LogP contribution in [0.3, 0.4) is 0 Å². The van der Waals surface area contributed by atoms with Crippen molar-refractivity contribution < 1.29 is 13.6 Å². The number of nitrogens with one attached hydrogen (secondary N) is 1. The lowest BCUT2D eigenvalue weighted by molar-refractivity contribution is 0.102. The number of benzene rings is 2. The Hall–Kier alpha value is -2.23. The van der Waals surface area contributed by atoms with E-state index in [1.807, 2.05) is 0 Å². The van der Waals surface area contributed by atoms with Crippen LogP contribution in [0, 0.1) is 25.5 Å². The standard InChI is InChI=1S/C15H13F2NO/c1-9-4-3-5-13(14(9)17)18-15(19)11-6-7-12(16)10(2)8-11/h3-8H,1-2H3,(H,18,19). The van der Waals surface area contributed by atoms with Gasteiger partial charge in [-0.25, -0.2) is 8.78 Å². The van der Waals surface area contributed by atoms with Crippen molar-refractivity contribution in [3.05, 3.63) is 64.7 Å². The van der Waals surface area contributed by atoms with Gasteiger partial charge in [-0.3, -0.25) is 4.79 Å². The minimum Gasteiger partial charge on any atom is -0.319 e. The third-order valence-corrected chi connectivity index (χ3v) is 2.86. The first-order valence-corrected chi connectivity index (χ1v) is 5.81. The van der Waals surface area contributed by atoms with Crippen LogP contribution in [0.1, 0.15) is 21.5 Å². The topological polar surface area (TPSA) is 29.1 Å². The van der Waals surface area contributed by atoms with Crippen LogP contribution in [-0.2, 0) is 0 Å². The molecule has 1 amide bonds. The van der Waals surface area contributed by atoms with Gasteiger partial charge in [0, 0.05) is 5.56 Å². The second-order valence-corrected chi connectivity index (χ2v) is 4.35. The van der Waals surface area contributed by atoms with Crippen LogP contribution < -0.4 is 5.32 Å². The minimum absolute atomic E-state index is 0.118. The van der Waals surface area contributed by atoms with Gasteiger partial charge in [0.25, 0.3) is 5.91 Å². The summed E-state index contributed by atoms with van der Waals surface area (Å²) in [6, 6.07) is 8.77. The summed E-state index contributed by atoms with van der Waals surface area (Å²) in [4.78, 5) is 11.9. The molecule has 2 rings (SSSR count). The molecule has 0 aromatic heterocycles. The highest BCUT2D eigenvalue weighted by Crippen LogP contribution is 2.18. The second-order valence-electron chi connectivity index (χ2n) is 4.35. The minimum atomic E-state index is -0.465. The maximum atomic E-state index is 13.7. The number of hydrogen-bond acceptors (Lipinski definition) is 1. The van der Waals surface area contributed by atoms with Crippen molar-refractivity contribution in [2.75, 3.05) is 5.32 Å². The fourth-order valence-electron chi connectivity index (χ4n) is 1.72. The molecular weight excluding hydrogens is 248 g/mol. The third-order valence-electron chi connectivity index (χ3n) is 2.86. The molecule has 0 aliphatic carbocycles. The summed E-state index contributed by atoms with van der Waals surface area (Å²) in [5, 5.41) is 2.48. The van der Waals surface area contributed by atoms with E-state index in [0.717, 1.165) is 0 Å². The van der Waals surface area contributed by atoms with Gasteiger partial charge in [0.05, 0.1) is 5.69 Å². The summed E-state index contributed by atoms with van der Waals surface area (Å²) in [6.45, 7) is 3.19. The molecule has 98 valence electrons. The van der Waals surface area contributed by atoms with Crippen molar-refractivity contribution >= 4 is 11.6 Å². The van der Waals surface area contributed by atoms with Crippen molar-refractivity contribution in [1.82, 2.24) is 0 Å². The number of hydrogen-bond donors (Lipinski definition) is 1. The highest BCUT2D eigenvalue weighted by molar-refractivity contribution is 6.04. The highest BCUT2D eigenvalue weighted by Gasteiger charge is 2.11. The van der Waals surface area contributed by atoms with Gasteiger partial charge < -0.3 is 5.32 Å². The number of amides is 1. The number of aryl methyl sites for hydroxylation is 2. The van der Waals surface area contributed by atoms with Crippen LogP contribution >= 0.6 is 0 Å². The zero-order chi connectivity index (χ0) is 14.0. The summed E-state index contributed by atoms with van der Waals surface area (Å²) in [6.07, 6.45) is 0. The average molecular weight is 261 g/mol. The Balaban J connectivity index is 2.26. The Morgan fingerprint density at radius 1 is 1.05 bits per heavy atom. The van der Waals surface area contributed by atoms with Crippen LogP contribution in [0.2, 0.25) is 0 Å². The Kier molecular flexibility index (Phi) is 3.60. The molecule has 0 radical (unpaired) electrons. The first-order valence-electron chi connectivity index (χ1n) is 5.81. The molecule has 2 nitrogen and oxygen atoms in total. The molecule has 0 heterocycles. The van der Waals surface area contributed by atoms with E-state index >= 15 is 0 Å². The lowest BCUT2D eigenvalue weighted by Gasteiger charge is -2.08.